The monoisotopic (exact) mass is 445 g/mol. The summed E-state index contributed by atoms with van der Waals surface area (Å²) in [7, 11) is -2.22. The Labute approximate surface area is 182 Å². The Morgan fingerprint density at radius 1 is 1.06 bits per heavy atom. The van der Waals surface area contributed by atoms with Crippen molar-refractivity contribution in [3.63, 3.8) is 0 Å². The van der Waals surface area contributed by atoms with E-state index in [-0.39, 0.29) is 4.90 Å². The summed E-state index contributed by atoms with van der Waals surface area (Å²) in [4.78, 5) is 16.9. The molecule has 9 heteroatoms. The number of hydrogen-bond acceptors (Lipinski definition) is 6. The lowest BCUT2D eigenvalue weighted by molar-refractivity contribution is -0.122. The molecule has 2 aromatic rings. The molecule has 1 heterocycles. The highest BCUT2D eigenvalue weighted by molar-refractivity contribution is 7.90. The van der Waals surface area contributed by atoms with Crippen molar-refractivity contribution in [3.8, 4) is 11.5 Å². The molecule has 1 atom stereocenters. The van der Waals surface area contributed by atoms with Gasteiger partial charge >= 0.3 is 0 Å². The Balaban J connectivity index is 1.64. The van der Waals surface area contributed by atoms with Gasteiger partial charge in [0.1, 0.15) is 17.3 Å². The Kier molecular flexibility index (Phi) is 7.51. The first-order valence-corrected chi connectivity index (χ1v) is 11.6. The fourth-order valence-electron chi connectivity index (χ4n) is 3.07. The average molecular weight is 446 g/mol. The molecule has 1 unspecified atom stereocenters. The standard InChI is InChI=1S/C22H27N3O5S/c1-16(30-19-12-10-18(29-2)11-13-19)22(26)24-17-7-6-8-20(15-17)31(27,28)25-21-9-4-3-5-14-23-21/h6-8,10-13,15-16H,3-5,9,14H2,1-2H3,(H,23,25)(H,24,26). The van der Waals surface area contributed by atoms with E-state index in [0.717, 1.165) is 19.3 Å². The maximum Gasteiger partial charge on any atom is 0.265 e. The van der Waals surface area contributed by atoms with Crippen LogP contribution in [0.1, 0.15) is 32.6 Å². The number of anilines is 1. The molecule has 2 N–H and O–H groups in total. The highest BCUT2D eigenvalue weighted by Gasteiger charge is 2.19. The molecule has 3 rings (SSSR count). The number of nitrogens with zero attached hydrogens (tertiary/aromatic N) is 1. The van der Waals surface area contributed by atoms with Crippen LogP contribution in [-0.4, -0.2) is 39.9 Å². The van der Waals surface area contributed by atoms with Gasteiger partial charge in [-0.2, -0.15) is 0 Å². The summed E-state index contributed by atoms with van der Waals surface area (Å²) in [5, 5.41) is 2.70. The quantitative estimate of drug-likeness (QED) is 0.680. The van der Waals surface area contributed by atoms with Crippen LogP contribution in [0, 0.1) is 0 Å². The van der Waals surface area contributed by atoms with E-state index >= 15 is 0 Å². The molecule has 2 aromatic carbocycles. The van der Waals surface area contributed by atoms with Gasteiger partial charge in [0.25, 0.3) is 15.9 Å². The smallest absolute Gasteiger partial charge is 0.265 e. The van der Waals surface area contributed by atoms with Gasteiger partial charge in [-0.25, -0.2) is 8.42 Å². The normalized spacial score (nSPS) is 15.2. The molecular formula is C22H27N3O5S. The van der Waals surface area contributed by atoms with Crippen LogP contribution in [0.4, 0.5) is 5.69 Å². The Morgan fingerprint density at radius 2 is 1.81 bits per heavy atom. The number of carbonyl (C=O) groups excluding carboxylic acids is 1. The number of amidine groups is 1. The van der Waals surface area contributed by atoms with Crippen molar-refractivity contribution in [2.75, 3.05) is 19.0 Å². The summed E-state index contributed by atoms with van der Waals surface area (Å²) in [5.74, 6) is 1.29. The van der Waals surface area contributed by atoms with Gasteiger partial charge in [0, 0.05) is 18.7 Å². The lowest BCUT2D eigenvalue weighted by Crippen LogP contribution is -2.31. The summed E-state index contributed by atoms with van der Waals surface area (Å²) in [6, 6.07) is 13.0. The molecule has 8 nitrogen and oxygen atoms in total. The lowest BCUT2D eigenvalue weighted by atomic mass is 10.2. The van der Waals surface area contributed by atoms with E-state index in [1.54, 1.807) is 50.4 Å². The van der Waals surface area contributed by atoms with Crippen molar-refractivity contribution in [1.29, 1.82) is 0 Å². The zero-order chi connectivity index (χ0) is 22.3. The van der Waals surface area contributed by atoms with Gasteiger partial charge in [0.2, 0.25) is 0 Å². The van der Waals surface area contributed by atoms with Gasteiger partial charge in [-0.1, -0.05) is 12.5 Å². The number of sulfonamides is 1. The minimum atomic E-state index is -3.79. The van der Waals surface area contributed by atoms with Crippen LogP contribution in [-0.2, 0) is 14.8 Å². The zero-order valence-corrected chi connectivity index (χ0v) is 18.4. The predicted molar refractivity (Wildman–Crippen MR) is 119 cm³/mol. The fourth-order valence-corrected chi connectivity index (χ4v) is 4.20. The Hall–Kier alpha value is -3.07. The highest BCUT2D eigenvalue weighted by Crippen LogP contribution is 2.20. The molecule has 1 amide bonds. The second kappa shape index (κ2) is 10.3. The van der Waals surface area contributed by atoms with Crippen molar-refractivity contribution in [1.82, 2.24) is 4.72 Å². The average Bonchev–Trinajstić information content (AvgIpc) is 3.02. The van der Waals surface area contributed by atoms with Crippen LogP contribution in [0.2, 0.25) is 0 Å². The SMILES string of the molecule is COc1ccc(OC(C)C(=O)Nc2cccc(S(=O)(=O)NC3=NCCCCC3)c2)cc1. The van der Waals surface area contributed by atoms with Gasteiger partial charge in [0.05, 0.1) is 12.0 Å². The van der Waals surface area contributed by atoms with Crippen molar-refractivity contribution in [2.24, 2.45) is 4.99 Å². The molecule has 0 saturated carbocycles. The van der Waals surface area contributed by atoms with Crippen LogP contribution < -0.4 is 19.5 Å². The van der Waals surface area contributed by atoms with Crippen LogP contribution in [0.5, 0.6) is 11.5 Å². The third-order valence-corrected chi connectivity index (χ3v) is 6.16. The third-order valence-electron chi connectivity index (χ3n) is 4.78. The van der Waals surface area contributed by atoms with Gasteiger partial charge in [-0.05, 0) is 62.2 Å². The molecule has 0 aromatic heterocycles. The molecule has 0 radical (unpaired) electrons. The van der Waals surface area contributed by atoms with E-state index in [1.165, 1.54) is 12.1 Å². The second-order valence-electron chi connectivity index (χ2n) is 7.20. The van der Waals surface area contributed by atoms with E-state index in [9.17, 15) is 13.2 Å². The van der Waals surface area contributed by atoms with E-state index in [4.69, 9.17) is 9.47 Å². The molecule has 1 aliphatic rings. The summed E-state index contributed by atoms with van der Waals surface area (Å²) >= 11 is 0. The maximum atomic E-state index is 12.7. The summed E-state index contributed by atoms with van der Waals surface area (Å²) in [5.41, 5.74) is 0.362. The van der Waals surface area contributed by atoms with Gasteiger partial charge < -0.3 is 14.8 Å². The zero-order valence-electron chi connectivity index (χ0n) is 17.6. The molecule has 31 heavy (non-hydrogen) atoms. The number of amides is 1. The molecule has 0 saturated heterocycles. The largest absolute Gasteiger partial charge is 0.497 e. The lowest BCUT2D eigenvalue weighted by Gasteiger charge is -2.16. The first-order chi connectivity index (χ1) is 14.9. The Bertz CT molecular complexity index is 1040. The van der Waals surface area contributed by atoms with Crippen LogP contribution in [0.15, 0.2) is 58.4 Å². The van der Waals surface area contributed by atoms with E-state index in [2.05, 4.69) is 15.0 Å². The first kappa shape index (κ1) is 22.6. The van der Waals surface area contributed by atoms with Crippen molar-refractivity contribution < 1.29 is 22.7 Å². The fraction of sp³-hybridized carbons (Fsp3) is 0.364. The van der Waals surface area contributed by atoms with Crippen molar-refractivity contribution >= 4 is 27.5 Å². The van der Waals surface area contributed by atoms with Gasteiger partial charge in [0.15, 0.2) is 6.10 Å². The minimum Gasteiger partial charge on any atom is -0.497 e. The summed E-state index contributed by atoms with van der Waals surface area (Å²) in [6.07, 6.45) is 2.72. The summed E-state index contributed by atoms with van der Waals surface area (Å²) in [6.45, 7) is 2.24. The number of aliphatic imine (C=N–C) groups is 1. The molecule has 0 bridgehead atoms. The van der Waals surface area contributed by atoms with E-state index < -0.39 is 22.0 Å². The third kappa shape index (κ3) is 6.45. The second-order valence-corrected chi connectivity index (χ2v) is 8.88. The number of nitrogens with one attached hydrogen (secondary N) is 2. The molecule has 1 aliphatic heterocycles. The predicted octanol–water partition coefficient (Wildman–Crippen LogP) is 3.35. The molecule has 0 spiro atoms. The number of methoxy groups -OCH3 is 1. The van der Waals surface area contributed by atoms with Crippen LogP contribution in [0.3, 0.4) is 0 Å². The topological polar surface area (TPSA) is 106 Å². The van der Waals surface area contributed by atoms with Crippen LogP contribution in [0.25, 0.3) is 0 Å². The molecule has 166 valence electrons. The number of hydrogen-bond donors (Lipinski definition) is 2. The van der Waals surface area contributed by atoms with E-state index in [0.29, 0.717) is 36.0 Å². The van der Waals surface area contributed by atoms with Crippen molar-refractivity contribution in [3.05, 3.63) is 48.5 Å². The van der Waals surface area contributed by atoms with E-state index in [1.807, 2.05) is 0 Å². The highest BCUT2D eigenvalue weighted by atomic mass is 32.2. The number of benzene rings is 2. The number of carbonyl (C=O) groups is 1. The van der Waals surface area contributed by atoms with Crippen LogP contribution >= 0.6 is 0 Å². The number of ether oxygens (including phenoxy) is 2. The van der Waals surface area contributed by atoms with Crippen molar-refractivity contribution in [2.45, 2.75) is 43.6 Å². The summed E-state index contributed by atoms with van der Waals surface area (Å²) < 4.78 is 38.8. The number of rotatable bonds is 7. The Morgan fingerprint density at radius 3 is 2.55 bits per heavy atom. The molecular weight excluding hydrogens is 418 g/mol. The van der Waals surface area contributed by atoms with Gasteiger partial charge in [-0.15, -0.1) is 0 Å². The maximum absolute atomic E-state index is 12.7. The molecule has 0 fully saturated rings. The first-order valence-electron chi connectivity index (χ1n) is 10.2. The molecule has 0 aliphatic carbocycles. The minimum absolute atomic E-state index is 0.0565. The van der Waals surface area contributed by atoms with Gasteiger partial charge in [-0.3, -0.25) is 14.5 Å².